The molecule has 2 saturated heterocycles. The van der Waals surface area contributed by atoms with E-state index >= 15 is 0 Å². The van der Waals surface area contributed by atoms with Crippen LogP contribution in [0.1, 0.15) is 13.3 Å². The first-order valence-electron chi connectivity index (χ1n) is 9.09. The Labute approximate surface area is 154 Å². The fraction of sp³-hybridized carbons (Fsp3) is 0.611. The van der Waals surface area contributed by atoms with Crippen molar-refractivity contribution in [2.24, 2.45) is 0 Å². The number of carbonyl (C=O) groups is 1. The number of nitrogens with one attached hydrogen (secondary N) is 1. The SMILES string of the molecule is C[C@H](C(=O)N(C)[C@@H]1CCS(=O)(=O)C1)[NH+]1CCN(c2ccc(F)cc2)CC1. The van der Waals surface area contributed by atoms with E-state index in [4.69, 9.17) is 0 Å². The van der Waals surface area contributed by atoms with Crippen LogP contribution < -0.4 is 9.80 Å². The van der Waals surface area contributed by atoms with Gasteiger partial charge in [-0.1, -0.05) is 0 Å². The van der Waals surface area contributed by atoms with Crippen LogP contribution in [0.5, 0.6) is 0 Å². The average molecular weight is 384 g/mol. The highest BCUT2D eigenvalue weighted by atomic mass is 32.2. The van der Waals surface area contributed by atoms with Gasteiger partial charge < -0.3 is 14.7 Å². The summed E-state index contributed by atoms with van der Waals surface area (Å²) in [4.78, 5) is 17.8. The van der Waals surface area contributed by atoms with E-state index in [0.717, 1.165) is 31.9 Å². The normalized spacial score (nSPS) is 24.4. The topological polar surface area (TPSA) is 62.1 Å². The van der Waals surface area contributed by atoms with Crippen LogP contribution >= 0.6 is 0 Å². The summed E-state index contributed by atoms with van der Waals surface area (Å²) in [6.45, 7) is 5.17. The summed E-state index contributed by atoms with van der Waals surface area (Å²) in [6.07, 6.45) is 0.533. The number of carbonyl (C=O) groups excluding carboxylic acids is 1. The van der Waals surface area contributed by atoms with E-state index in [-0.39, 0.29) is 35.3 Å². The molecule has 3 rings (SSSR count). The van der Waals surface area contributed by atoms with Crippen molar-refractivity contribution in [3.8, 4) is 0 Å². The Morgan fingerprint density at radius 3 is 2.42 bits per heavy atom. The molecule has 2 atom stereocenters. The third-order valence-electron chi connectivity index (χ3n) is 5.68. The van der Waals surface area contributed by atoms with Crippen LogP contribution in [0, 0.1) is 5.82 Å². The summed E-state index contributed by atoms with van der Waals surface area (Å²) < 4.78 is 36.4. The third kappa shape index (κ3) is 4.17. The summed E-state index contributed by atoms with van der Waals surface area (Å²) in [5.74, 6) is 0.0224. The zero-order chi connectivity index (χ0) is 18.9. The van der Waals surface area contributed by atoms with Gasteiger partial charge in [0.15, 0.2) is 15.9 Å². The molecular formula is C18H27FN3O3S+. The minimum atomic E-state index is -3.00. The van der Waals surface area contributed by atoms with Crippen LogP contribution in [0.4, 0.5) is 10.1 Å². The molecule has 26 heavy (non-hydrogen) atoms. The second-order valence-electron chi connectivity index (χ2n) is 7.35. The van der Waals surface area contributed by atoms with Crippen LogP contribution in [-0.4, -0.2) is 76.0 Å². The summed E-state index contributed by atoms with van der Waals surface area (Å²) in [5, 5.41) is 0. The Hall–Kier alpha value is -1.67. The van der Waals surface area contributed by atoms with Gasteiger partial charge in [-0.2, -0.15) is 0 Å². The molecule has 0 spiro atoms. The molecule has 1 aromatic carbocycles. The standard InChI is InChI=1S/C18H26FN3O3S/c1-14(18(23)20(2)17-7-12-26(24,25)13-17)21-8-10-22(11-9-21)16-5-3-15(19)4-6-16/h3-6,14,17H,7-13H2,1-2H3/p+1/t14-,17-/m1/s1. The minimum absolute atomic E-state index is 0.0114. The number of hydrogen-bond acceptors (Lipinski definition) is 4. The molecule has 0 aromatic heterocycles. The molecule has 2 heterocycles. The van der Waals surface area contributed by atoms with Gasteiger partial charge in [-0.3, -0.25) is 4.79 Å². The first-order chi connectivity index (χ1) is 12.3. The Kier molecular flexibility index (Phi) is 5.53. The third-order valence-corrected chi connectivity index (χ3v) is 7.43. The second kappa shape index (κ2) is 7.52. The predicted octanol–water partition coefficient (Wildman–Crippen LogP) is -0.435. The van der Waals surface area contributed by atoms with Gasteiger partial charge in [-0.25, -0.2) is 12.8 Å². The molecule has 0 unspecified atom stereocenters. The number of nitrogens with zero attached hydrogens (tertiary/aromatic N) is 2. The smallest absolute Gasteiger partial charge is 0.280 e. The highest BCUT2D eigenvalue weighted by molar-refractivity contribution is 7.91. The van der Waals surface area contributed by atoms with Crippen molar-refractivity contribution in [1.29, 1.82) is 0 Å². The summed E-state index contributed by atoms with van der Waals surface area (Å²) in [6, 6.07) is 6.09. The van der Waals surface area contributed by atoms with Crippen molar-refractivity contribution in [3.63, 3.8) is 0 Å². The number of likely N-dealkylation sites (N-methyl/N-ethyl adjacent to an activating group) is 1. The van der Waals surface area contributed by atoms with Gasteiger partial charge in [0.25, 0.3) is 5.91 Å². The fourth-order valence-electron chi connectivity index (χ4n) is 3.88. The number of piperazine rings is 1. The monoisotopic (exact) mass is 384 g/mol. The van der Waals surface area contributed by atoms with E-state index in [1.165, 1.54) is 17.0 Å². The second-order valence-corrected chi connectivity index (χ2v) is 9.58. The molecule has 1 amide bonds. The molecular weight excluding hydrogens is 357 g/mol. The number of hydrogen-bond donors (Lipinski definition) is 1. The Morgan fingerprint density at radius 1 is 1.27 bits per heavy atom. The van der Waals surface area contributed by atoms with Crippen molar-refractivity contribution >= 4 is 21.4 Å². The molecule has 2 fully saturated rings. The maximum absolute atomic E-state index is 13.1. The average Bonchev–Trinajstić information content (AvgIpc) is 3.00. The zero-order valence-electron chi connectivity index (χ0n) is 15.3. The van der Waals surface area contributed by atoms with Crippen molar-refractivity contribution in [2.45, 2.75) is 25.4 Å². The van der Waals surface area contributed by atoms with Crippen LogP contribution in [0.25, 0.3) is 0 Å². The minimum Gasteiger partial charge on any atom is -0.360 e. The van der Waals surface area contributed by atoms with E-state index in [0.29, 0.717) is 6.42 Å². The van der Waals surface area contributed by atoms with Crippen molar-refractivity contribution in [3.05, 3.63) is 30.1 Å². The van der Waals surface area contributed by atoms with Gasteiger partial charge in [0.05, 0.1) is 37.7 Å². The highest BCUT2D eigenvalue weighted by Crippen LogP contribution is 2.17. The highest BCUT2D eigenvalue weighted by Gasteiger charge is 2.37. The lowest BCUT2D eigenvalue weighted by atomic mass is 10.1. The van der Waals surface area contributed by atoms with Crippen molar-refractivity contribution in [1.82, 2.24) is 4.90 Å². The largest absolute Gasteiger partial charge is 0.360 e. The van der Waals surface area contributed by atoms with Crippen molar-refractivity contribution < 1.29 is 22.5 Å². The maximum Gasteiger partial charge on any atom is 0.280 e. The van der Waals surface area contributed by atoms with E-state index in [2.05, 4.69) is 4.90 Å². The number of amides is 1. The van der Waals surface area contributed by atoms with Crippen LogP contribution in [-0.2, 0) is 14.6 Å². The van der Waals surface area contributed by atoms with E-state index in [9.17, 15) is 17.6 Å². The quantitative estimate of drug-likeness (QED) is 0.765. The lowest BCUT2D eigenvalue weighted by molar-refractivity contribution is -0.915. The fourth-order valence-corrected chi connectivity index (χ4v) is 5.65. The number of quaternary nitrogens is 1. The Balaban J connectivity index is 1.55. The van der Waals surface area contributed by atoms with Crippen LogP contribution in [0.3, 0.4) is 0 Å². The predicted molar refractivity (Wildman–Crippen MR) is 98.6 cm³/mol. The Bertz CT molecular complexity index is 745. The summed E-state index contributed by atoms with van der Waals surface area (Å²) in [5.41, 5.74) is 0.998. The number of rotatable bonds is 4. The number of anilines is 1. The molecule has 6 nitrogen and oxygen atoms in total. The number of halogens is 1. The zero-order valence-corrected chi connectivity index (χ0v) is 16.1. The molecule has 1 N–H and O–H groups in total. The molecule has 1 aromatic rings. The van der Waals surface area contributed by atoms with Gasteiger partial charge in [0.1, 0.15) is 5.82 Å². The molecule has 8 heteroatoms. The first-order valence-corrected chi connectivity index (χ1v) is 10.9. The number of benzene rings is 1. The van der Waals surface area contributed by atoms with Gasteiger partial charge in [0.2, 0.25) is 0 Å². The molecule has 0 saturated carbocycles. The van der Waals surface area contributed by atoms with Gasteiger partial charge in [-0.05, 0) is 37.6 Å². The van der Waals surface area contributed by atoms with E-state index in [1.54, 1.807) is 24.1 Å². The lowest BCUT2D eigenvalue weighted by Crippen LogP contribution is -3.19. The lowest BCUT2D eigenvalue weighted by Gasteiger charge is -2.37. The Morgan fingerprint density at radius 2 is 1.88 bits per heavy atom. The molecule has 0 radical (unpaired) electrons. The van der Waals surface area contributed by atoms with Crippen molar-refractivity contribution in [2.75, 3.05) is 49.6 Å². The van der Waals surface area contributed by atoms with E-state index in [1.807, 2.05) is 6.92 Å². The maximum atomic E-state index is 13.1. The molecule has 0 bridgehead atoms. The van der Waals surface area contributed by atoms with Crippen LogP contribution in [0.2, 0.25) is 0 Å². The summed E-state index contributed by atoms with van der Waals surface area (Å²) in [7, 11) is -1.28. The first kappa shape index (κ1) is 19.1. The molecule has 0 aliphatic carbocycles. The summed E-state index contributed by atoms with van der Waals surface area (Å²) >= 11 is 0. The van der Waals surface area contributed by atoms with Gasteiger partial charge in [-0.15, -0.1) is 0 Å². The molecule has 144 valence electrons. The number of sulfone groups is 1. The van der Waals surface area contributed by atoms with Gasteiger partial charge in [0, 0.05) is 18.8 Å². The molecule has 2 aliphatic rings. The molecule has 2 aliphatic heterocycles. The van der Waals surface area contributed by atoms with E-state index < -0.39 is 9.84 Å². The van der Waals surface area contributed by atoms with Crippen LogP contribution in [0.15, 0.2) is 24.3 Å². The van der Waals surface area contributed by atoms with Gasteiger partial charge >= 0.3 is 0 Å².